The van der Waals surface area contributed by atoms with Crippen LogP contribution in [0.3, 0.4) is 0 Å². The summed E-state index contributed by atoms with van der Waals surface area (Å²) in [5.74, 6) is 1.37. The number of hydrogen-bond donors (Lipinski definition) is 1. The van der Waals surface area contributed by atoms with Gasteiger partial charge in [-0.25, -0.2) is 22.6 Å². The average molecular weight is 448 g/mol. The number of rotatable bonds is 9. The molecule has 1 saturated carbocycles. The van der Waals surface area contributed by atoms with Crippen LogP contribution in [-0.2, 0) is 16.4 Å². The van der Waals surface area contributed by atoms with Crippen molar-refractivity contribution in [2.24, 2.45) is 0 Å². The van der Waals surface area contributed by atoms with Crippen molar-refractivity contribution in [1.29, 1.82) is 0 Å². The molecular formula is C22H26FN3O4S. The number of amides is 2. The lowest BCUT2D eigenvalue weighted by molar-refractivity contribution is 0.182. The fourth-order valence-electron chi connectivity index (χ4n) is 3.89. The van der Waals surface area contributed by atoms with E-state index in [4.69, 9.17) is 4.74 Å². The first-order chi connectivity index (χ1) is 14.9. The lowest BCUT2D eigenvalue weighted by Crippen LogP contribution is -2.45. The quantitative estimate of drug-likeness (QED) is 0.639. The first-order valence-corrected chi connectivity index (χ1v) is 11.9. The third kappa shape index (κ3) is 4.99. The molecule has 4 rings (SSSR count). The Morgan fingerprint density at radius 2 is 1.71 bits per heavy atom. The van der Waals surface area contributed by atoms with E-state index >= 15 is 0 Å². The van der Waals surface area contributed by atoms with Gasteiger partial charge in [-0.1, -0.05) is 36.4 Å². The summed E-state index contributed by atoms with van der Waals surface area (Å²) in [6, 6.07) is 13.3. The number of nitrogens with one attached hydrogen (secondary N) is 1. The number of hydrazine groups is 1. The van der Waals surface area contributed by atoms with E-state index in [0.717, 1.165) is 21.9 Å². The fourth-order valence-corrected chi connectivity index (χ4v) is 4.43. The number of urea groups is 1. The molecule has 1 unspecified atom stereocenters. The van der Waals surface area contributed by atoms with Crippen LogP contribution < -0.4 is 9.57 Å². The lowest BCUT2D eigenvalue weighted by Gasteiger charge is -2.23. The first kappa shape index (κ1) is 21.6. The number of ether oxygens (including phenoxy) is 1. The number of carbonyl (C=O) groups excluding carboxylic acids is 1. The van der Waals surface area contributed by atoms with Gasteiger partial charge in [0, 0.05) is 6.54 Å². The number of sulfonamides is 1. The Bertz CT molecular complexity index is 1020. The van der Waals surface area contributed by atoms with Crippen molar-refractivity contribution in [1.82, 2.24) is 14.7 Å². The molecule has 2 aromatic rings. The molecule has 2 amide bonds. The number of methoxy groups -OCH3 is 1. The van der Waals surface area contributed by atoms with Gasteiger partial charge in [0.1, 0.15) is 5.75 Å². The van der Waals surface area contributed by atoms with E-state index in [-0.39, 0.29) is 12.6 Å². The monoisotopic (exact) mass is 447 g/mol. The van der Waals surface area contributed by atoms with E-state index in [1.54, 1.807) is 12.0 Å². The second-order valence-electron chi connectivity index (χ2n) is 7.96. The Kier molecular flexibility index (Phi) is 6.15. The molecule has 2 aliphatic rings. The third-order valence-electron chi connectivity index (χ3n) is 5.77. The maximum atomic E-state index is 13.0. The highest BCUT2D eigenvalue weighted by Gasteiger charge is 2.39. The molecule has 0 bridgehead atoms. The first-order valence-electron chi connectivity index (χ1n) is 10.3. The molecule has 2 aromatic carbocycles. The van der Waals surface area contributed by atoms with Crippen molar-refractivity contribution < 1.29 is 22.3 Å². The molecule has 1 saturated heterocycles. The summed E-state index contributed by atoms with van der Waals surface area (Å²) in [5.41, 5.74) is 3.24. The normalized spacial score (nSPS) is 19.2. The molecule has 2 fully saturated rings. The van der Waals surface area contributed by atoms with Crippen molar-refractivity contribution in [3.8, 4) is 5.75 Å². The predicted molar refractivity (Wildman–Crippen MR) is 115 cm³/mol. The number of halogens is 1. The number of hydrogen-bond acceptors (Lipinski definition) is 4. The highest BCUT2D eigenvalue weighted by molar-refractivity contribution is 7.89. The molecule has 166 valence electrons. The van der Waals surface area contributed by atoms with Gasteiger partial charge in [-0.15, -0.1) is 4.83 Å². The molecule has 9 heteroatoms. The molecule has 1 heterocycles. The zero-order chi connectivity index (χ0) is 22.0. The Morgan fingerprint density at radius 1 is 1.06 bits per heavy atom. The van der Waals surface area contributed by atoms with Gasteiger partial charge in [0.15, 0.2) is 0 Å². The van der Waals surface area contributed by atoms with Crippen LogP contribution in [0.1, 0.15) is 41.5 Å². The van der Waals surface area contributed by atoms with Crippen molar-refractivity contribution in [3.05, 3.63) is 65.2 Å². The van der Waals surface area contributed by atoms with Crippen LogP contribution in [0.15, 0.2) is 48.5 Å². The van der Waals surface area contributed by atoms with E-state index in [2.05, 4.69) is 17.0 Å². The van der Waals surface area contributed by atoms with E-state index in [9.17, 15) is 17.6 Å². The van der Waals surface area contributed by atoms with Crippen LogP contribution >= 0.6 is 0 Å². The summed E-state index contributed by atoms with van der Waals surface area (Å²) >= 11 is 0. The number of carbonyl (C=O) groups is 1. The van der Waals surface area contributed by atoms with Gasteiger partial charge in [-0.2, -0.15) is 0 Å². The smallest absolute Gasteiger partial charge is 0.335 e. The molecule has 1 atom stereocenters. The summed E-state index contributed by atoms with van der Waals surface area (Å²) in [6.07, 6.45) is 3.00. The van der Waals surface area contributed by atoms with Crippen LogP contribution in [0.25, 0.3) is 0 Å². The van der Waals surface area contributed by atoms with Gasteiger partial charge < -0.3 is 9.64 Å². The summed E-state index contributed by atoms with van der Waals surface area (Å²) in [4.78, 5) is 16.7. The molecular weight excluding hydrogens is 421 g/mol. The SMILES string of the molecule is COc1ccc(CCN2C(=O)N(NS(=O)(=O)CF)CC2c2ccc(C3CC3)cc2)cc1. The largest absolute Gasteiger partial charge is 0.497 e. The van der Waals surface area contributed by atoms with E-state index in [0.29, 0.717) is 18.9 Å². The van der Waals surface area contributed by atoms with Crippen molar-refractivity contribution in [3.63, 3.8) is 0 Å². The van der Waals surface area contributed by atoms with Gasteiger partial charge in [-0.3, -0.25) is 0 Å². The minimum absolute atomic E-state index is 0.115. The van der Waals surface area contributed by atoms with E-state index in [1.807, 2.05) is 36.4 Å². The number of alkyl halides is 1. The maximum Gasteiger partial charge on any atom is 0.335 e. The molecule has 0 spiro atoms. The minimum Gasteiger partial charge on any atom is -0.497 e. The molecule has 1 aliphatic heterocycles. The molecule has 1 N–H and O–H groups in total. The van der Waals surface area contributed by atoms with Crippen LogP contribution in [0.2, 0.25) is 0 Å². The van der Waals surface area contributed by atoms with Gasteiger partial charge in [0.25, 0.3) is 10.0 Å². The van der Waals surface area contributed by atoms with Crippen LogP contribution in [-0.4, -0.2) is 50.6 Å². The Hall–Kier alpha value is -2.65. The zero-order valence-electron chi connectivity index (χ0n) is 17.3. The summed E-state index contributed by atoms with van der Waals surface area (Å²) in [7, 11) is -2.60. The summed E-state index contributed by atoms with van der Waals surface area (Å²) in [6.45, 7) is 0.511. The van der Waals surface area contributed by atoms with Crippen LogP contribution in [0.5, 0.6) is 5.75 Å². The van der Waals surface area contributed by atoms with Crippen molar-refractivity contribution in [2.45, 2.75) is 31.2 Å². The van der Waals surface area contributed by atoms with Gasteiger partial charge >= 0.3 is 6.03 Å². The maximum absolute atomic E-state index is 13.0. The molecule has 0 radical (unpaired) electrons. The predicted octanol–water partition coefficient (Wildman–Crippen LogP) is 3.36. The van der Waals surface area contributed by atoms with Gasteiger partial charge in [-0.05, 0) is 54.0 Å². The van der Waals surface area contributed by atoms with Crippen LogP contribution in [0, 0.1) is 0 Å². The average Bonchev–Trinajstić information content (AvgIpc) is 3.59. The molecule has 1 aliphatic carbocycles. The second-order valence-corrected chi connectivity index (χ2v) is 9.59. The molecule has 7 nitrogen and oxygen atoms in total. The molecule has 0 aromatic heterocycles. The van der Waals surface area contributed by atoms with E-state index < -0.39 is 22.1 Å². The fraction of sp³-hybridized carbons (Fsp3) is 0.409. The topological polar surface area (TPSA) is 79.0 Å². The van der Waals surface area contributed by atoms with Crippen LogP contribution in [0.4, 0.5) is 9.18 Å². The van der Waals surface area contributed by atoms with Gasteiger partial charge in [0.2, 0.25) is 6.01 Å². The third-order valence-corrected chi connectivity index (χ3v) is 6.56. The second kappa shape index (κ2) is 8.84. The Morgan fingerprint density at radius 3 is 2.29 bits per heavy atom. The number of nitrogens with zero attached hydrogens (tertiary/aromatic N) is 2. The van der Waals surface area contributed by atoms with Gasteiger partial charge in [0.05, 0.1) is 19.7 Å². The lowest BCUT2D eigenvalue weighted by atomic mass is 10.0. The highest BCUT2D eigenvalue weighted by Crippen LogP contribution is 2.40. The van der Waals surface area contributed by atoms with Crippen molar-refractivity contribution in [2.75, 3.05) is 26.2 Å². The van der Waals surface area contributed by atoms with Crippen molar-refractivity contribution >= 4 is 16.1 Å². The Labute approximate surface area is 181 Å². The summed E-state index contributed by atoms with van der Waals surface area (Å²) < 4.78 is 41.4. The Balaban J connectivity index is 1.53. The standard InChI is InChI=1S/C22H26FN3O4S/c1-30-20-10-2-16(3-11-20)12-13-25-21(14-26(22(25)27)24-31(28,29)15-23)19-8-6-18(7-9-19)17-4-5-17/h2-3,6-11,17,21,24H,4-5,12-15H2,1H3. The zero-order valence-corrected chi connectivity index (χ0v) is 18.1. The highest BCUT2D eigenvalue weighted by atomic mass is 32.2. The van der Waals surface area contributed by atoms with E-state index in [1.165, 1.54) is 18.4 Å². The summed E-state index contributed by atoms with van der Waals surface area (Å²) in [5, 5.41) is 0.988. The molecule has 31 heavy (non-hydrogen) atoms. The number of benzene rings is 2. The minimum atomic E-state index is -4.20.